The number of imidazole rings is 1. The van der Waals surface area contributed by atoms with Crippen molar-refractivity contribution >= 4 is 28.8 Å². The monoisotopic (exact) mass is 577 g/mol. The number of hydrogen-bond donors (Lipinski definition) is 1. The van der Waals surface area contributed by atoms with Crippen molar-refractivity contribution in [1.29, 1.82) is 0 Å². The SMILES string of the molecule is Cc1cccc(Cn2cnc3c(NCc4ccc5c(c4)OCO5)nc(N(C)CCN(C)C(=O)c4cccc(C)c4)nc32)c1. The van der Waals surface area contributed by atoms with Crippen LogP contribution in [-0.2, 0) is 13.1 Å². The first kappa shape index (κ1) is 28.0. The van der Waals surface area contributed by atoms with Crippen LogP contribution in [0.1, 0.15) is 32.6 Å². The van der Waals surface area contributed by atoms with Gasteiger partial charge in [-0.3, -0.25) is 4.79 Å². The third-order valence-corrected chi connectivity index (χ3v) is 7.51. The molecule has 220 valence electrons. The van der Waals surface area contributed by atoms with Crippen LogP contribution < -0.4 is 19.7 Å². The van der Waals surface area contributed by atoms with E-state index in [9.17, 15) is 4.79 Å². The predicted octanol–water partition coefficient (Wildman–Crippen LogP) is 5.04. The van der Waals surface area contributed by atoms with Gasteiger partial charge in [0.2, 0.25) is 12.7 Å². The van der Waals surface area contributed by atoms with Crippen LogP contribution in [-0.4, -0.2) is 64.3 Å². The standard InChI is InChI=1S/C33H35N7O3/c1-22-7-5-9-25(15-22)19-40-20-35-29-30(34-18-24-11-12-27-28(17-24)43-21-42-27)36-33(37-31(29)40)39(4)14-13-38(3)32(41)26-10-6-8-23(2)16-26/h5-12,15-17,20H,13-14,18-19,21H2,1-4H3,(H,34,36,37). The number of benzene rings is 3. The van der Waals surface area contributed by atoms with Gasteiger partial charge in [-0.1, -0.05) is 53.6 Å². The smallest absolute Gasteiger partial charge is 0.253 e. The Morgan fingerprint density at radius 3 is 2.51 bits per heavy atom. The highest BCUT2D eigenvalue weighted by Gasteiger charge is 2.19. The molecular weight excluding hydrogens is 542 g/mol. The lowest BCUT2D eigenvalue weighted by Crippen LogP contribution is -2.35. The molecule has 0 bridgehead atoms. The van der Waals surface area contributed by atoms with E-state index in [1.54, 1.807) is 4.90 Å². The fraction of sp³-hybridized carbons (Fsp3) is 0.273. The molecule has 10 nitrogen and oxygen atoms in total. The molecule has 43 heavy (non-hydrogen) atoms. The number of amides is 1. The van der Waals surface area contributed by atoms with Gasteiger partial charge in [0.25, 0.3) is 5.91 Å². The number of aromatic nitrogens is 4. The summed E-state index contributed by atoms with van der Waals surface area (Å²) in [5, 5.41) is 3.47. The van der Waals surface area contributed by atoms with Gasteiger partial charge >= 0.3 is 0 Å². The Bertz CT molecular complexity index is 1780. The number of aryl methyl sites for hydroxylation is 2. The van der Waals surface area contributed by atoms with Gasteiger partial charge in [0.1, 0.15) is 0 Å². The lowest BCUT2D eigenvalue weighted by Gasteiger charge is -2.23. The first-order chi connectivity index (χ1) is 20.8. The third-order valence-electron chi connectivity index (χ3n) is 7.51. The van der Waals surface area contributed by atoms with Crippen molar-refractivity contribution in [2.75, 3.05) is 44.2 Å². The highest BCUT2D eigenvalue weighted by atomic mass is 16.7. The minimum atomic E-state index is -0.0178. The Morgan fingerprint density at radius 1 is 0.907 bits per heavy atom. The topological polar surface area (TPSA) is 97.6 Å². The molecule has 0 fully saturated rings. The van der Waals surface area contributed by atoms with E-state index >= 15 is 0 Å². The molecule has 1 aliphatic heterocycles. The van der Waals surface area contributed by atoms with Crippen molar-refractivity contribution in [2.24, 2.45) is 0 Å². The fourth-order valence-corrected chi connectivity index (χ4v) is 5.09. The summed E-state index contributed by atoms with van der Waals surface area (Å²) in [6.45, 7) is 6.51. The zero-order valence-corrected chi connectivity index (χ0v) is 24.9. The maximum Gasteiger partial charge on any atom is 0.253 e. The molecule has 0 radical (unpaired) electrons. The van der Waals surface area contributed by atoms with Gasteiger partial charge in [0.05, 0.1) is 12.9 Å². The molecule has 0 spiro atoms. The molecule has 0 saturated carbocycles. The molecule has 10 heteroatoms. The summed E-state index contributed by atoms with van der Waals surface area (Å²) in [7, 11) is 3.76. The Hall–Kier alpha value is -5.12. The normalized spacial score (nSPS) is 12.0. The zero-order chi connectivity index (χ0) is 29.9. The molecule has 2 aromatic heterocycles. The summed E-state index contributed by atoms with van der Waals surface area (Å²) in [5.41, 5.74) is 6.56. The highest BCUT2D eigenvalue weighted by molar-refractivity contribution is 5.94. The highest BCUT2D eigenvalue weighted by Crippen LogP contribution is 2.33. The average molecular weight is 578 g/mol. The van der Waals surface area contributed by atoms with E-state index in [4.69, 9.17) is 24.4 Å². The molecule has 1 aliphatic rings. The first-order valence-corrected chi connectivity index (χ1v) is 14.3. The maximum absolute atomic E-state index is 13.0. The van der Waals surface area contributed by atoms with E-state index in [1.165, 1.54) is 11.1 Å². The van der Waals surface area contributed by atoms with Crippen LogP contribution in [0.15, 0.2) is 73.1 Å². The fourth-order valence-electron chi connectivity index (χ4n) is 5.09. The van der Waals surface area contributed by atoms with Crippen molar-refractivity contribution in [3.63, 3.8) is 0 Å². The molecule has 0 atom stereocenters. The number of rotatable bonds is 10. The van der Waals surface area contributed by atoms with Crippen LogP contribution in [0.4, 0.5) is 11.8 Å². The van der Waals surface area contributed by atoms with Gasteiger partial charge in [-0.15, -0.1) is 0 Å². The van der Waals surface area contributed by atoms with E-state index in [1.807, 2.05) is 79.3 Å². The number of carbonyl (C=O) groups is 1. The van der Waals surface area contributed by atoms with E-state index < -0.39 is 0 Å². The third kappa shape index (κ3) is 6.23. The second-order valence-electron chi connectivity index (χ2n) is 11.0. The number of anilines is 2. The molecule has 0 aliphatic carbocycles. The van der Waals surface area contributed by atoms with Crippen molar-refractivity contribution in [1.82, 2.24) is 24.4 Å². The number of carbonyl (C=O) groups excluding carboxylic acids is 1. The summed E-state index contributed by atoms with van der Waals surface area (Å²) in [6.07, 6.45) is 1.81. The predicted molar refractivity (Wildman–Crippen MR) is 167 cm³/mol. The van der Waals surface area contributed by atoms with Crippen LogP contribution in [0, 0.1) is 13.8 Å². The molecule has 0 unspecified atom stereocenters. The molecule has 1 amide bonds. The van der Waals surface area contributed by atoms with Gasteiger partial charge in [-0.2, -0.15) is 9.97 Å². The van der Waals surface area contributed by atoms with Crippen LogP contribution in [0.25, 0.3) is 11.2 Å². The summed E-state index contributed by atoms with van der Waals surface area (Å²) in [5.74, 6) is 2.65. The van der Waals surface area contributed by atoms with Gasteiger partial charge in [0.15, 0.2) is 28.5 Å². The number of nitrogens with one attached hydrogen (secondary N) is 1. The molecule has 1 N–H and O–H groups in total. The van der Waals surface area contributed by atoms with Crippen molar-refractivity contribution in [3.8, 4) is 11.5 Å². The van der Waals surface area contributed by atoms with Crippen LogP contribution >= 0.6 is 0 Å². The number of likely N-dealkylation sites (N-methyl/N-ethyl adjacent to an activating group) is 2. The second kappa shape index (κ2) is 12.0. The van der Waals surface area contributed by atoms with Crippen LogP contribution in [0.5, 0.6) is 11.5 Å². The van der Waals surface area contributed by atoms with Crippen LogP contribution in [0.2, 0.25) is 0 Å². The Morgan fingerprint density at radius 2 is 1.70 bits per heavy atom. The summed E-state index contributed by atoms with van der Waals surface area (Å²) in [4.78, 5) is 31.2. The molecule has 3 heterocycles. The van der Waals surface area contributed by atoms with E-state index in [0.717, 1.165) is 28.3 Å². The Kier molecular flexibility index (Phi) is 7.83. The van der Waals surface area contributed by atoms with Gasteiger partial charge in [-0.25, -0.2) is 4.98 Å². The summed E-state index contributed by atoms with van der Waals surface area (Å²) < 4.78 is 13.0. The Balaban J connectivity index is 1.25. The van der Waals surface area contributed by atoms with Crippen LogP contribution in [0.3, 0.4) is 0 Å². The van der Waals surface area contributed by atoms with Gasteiger partial charge in [-0.05, 0) is 49.2 Å². The molecule has 6 rings (SSSR count). The summed E-state index contributed by atoms with van der Waals surface area (Å²) >= 11 is 0. The average Bonchev–Trinajstić information content (AvgIpc) is 3.65. The Labute approximate surface area is 250 Å². The van der Waals surface area contributed by atoms with E-state index in [-0.39, 0.29) is 12.7 Å². The quantitative estimate of drug-likeness (QED) is 0.247. The summed E-state index contributed by atoms with van der Waals surface area (Å²) in [6, 6.07) is 22.0. The van der Waals surface area contributed by atoms with Gasteiger partial charge < -0.3 is 29.2 Å². The molecular formula is C33H35N7O3. The number of fused-ring (bicyclic) bond motifs is 2. The van der Waals surface area contributed by atoms with E-state index in [2.05, 4.69) is 36.5 Å². The minimum absolute atomic E-state index is 0.0178. The maximum atomic E-state index is 13.0. The van der Waals surface area contributed by atoms with E-state index in [0.29, 0.717) is 49.0 Å². The number of hydrogen-bond acceptors (Lipinski definition) is 8. The van der Waals surface area contributed by atoms with Crippen molar-refractivity contribution < 1.29 is 14.3 Å². The van der Waals surface area contributed by atoms with Gasteiger partial charge in [0, 0.05) is 39.3 Å². The zero-order valence-electron chi connectivity index (χ0n) is 24.9. The first-order valence-electron chi connectivity index (χ1n) is 14.3. The molecule has 5 aromatic rings. The van der Waals surface area contributed by atoms with Crippen molar-refractivity contribution in [3.05, 3.63) is 101 Å². The molecule has 0 saturated heterocycles. The molecule has 3 aromatic carbocycles. The number of ether oxygens (including phenoxy) is 2. The largest absolute Gasteiger partial charge is 0.454 e. The lowest BCUT2D eigenvalue weighted by atomic mass is 10.1. The van der Waals surface area contributed by atoms with Crippen molar-refractivity contribution in [2.45, 2.75) is 26.9 Å². The number of nitrogens with zero attached hydrogens (tertiary/aromatic N) is 6. The lowest BCUT2D eigenvalue weighted by molar-refractivity contribution is 0.0798. The minimum Gasteiger partial charge on any atom is -0.454 e. The second-order valence-corrected chi connectivity index (χ2v) is 11.0.